The molecule has 0 radical (unpaired) electrons. The summed E-state index contributed by atoms with van der Waals surface area (Å²) >= 11 is 3.16. The average Bonchev–Trinajstić information content (AvgIpc) is 1.83. The van der Waals surface area contributed by atoms with Crippen molar-refractivity contribution in [1.29, 1.82) is 0 Å². The van der Waals surface area contributed by atoms with Crippen molar-refractivity contribution in [2.75, 3.05) is 0 Å². The molecule has 0 atom stereocenters. The molecule has 0 aliphatic carbocycles. The molecule has 9 heavy (non-hydrogen) atoms. The normalized spacial score (nSPS) is 9.56. The molecule has 0 bridgehead atoms. The Morgan fingerprint density at radius 1 is 1.78 bits per heavy atom. The molecule has 0 fully saturated rings. The molecule has 0 saturated carbocycles. The highest BCUT2D eigenvalue weighted by Crippen LogP contribution is 2.07. The van der Waals surface area contributed by atoms with Crippen molar-refractivity contribution in [3.05, 3.63) is 26.6 Å². The average molecular weight is 189 g/mol. The van der Waals surface area contributed by atoms with Gasteiger partial charge in [-0.3, -0.25) is 4.79 Å². The van der Waals surface area contributed by atoms with Gasteiger partial charge in [-0.2, -0.15) is 5.10 Å². The number of nitrogens with one attached hydrogen (secondary N) is 1. The summed E-state index contributed by atoms with van der Waals surface area (Å²) in [7, 11) is 0. The zero-order chi connectivity index (χ0) is 6.85. The smallest absolute Gasteiger partial charge is 0.268 e. The standard InChI is InChI=1S/C5H5BrN2O/c1-3-4(6)2-7-8-5(3)9/h2H,1H3,(H,8,9). The lowest BCUT2D eigenvalue weighted by molar-refractivity contribution is 0.960. The Morgan fingerprint density at radius 2 is 2.44 bits per heavy atom. The van der Waals surface area contributed by atoms with Gasteiger partial charge in [0.15, 0.2) is 0 Å². The SMILES string of the molecule is Cc1c(Br)cn[nH]c1=O. The summed E-state index contributed by atoms with van der Waals surface area (Å²) in [6, 6.07) is 0. The van der Waals surface area contributed by atoms with Crippen molar-refractivity contribution < 1.29 is 0 Å². The third kappa shape index (κ3) is 1.18. The van der Waals surface area contributed by atoms with E-state index in [2.05, 4.69) is 26.1 Å². The zero-order valence-corrected chi connectivity index (χ0v) is 6.40. The number of hydrogen-bond donors (Lipinski definition) is 1. The first-order chi connectivity index (χ1) is 4.22. The van der Waals surface area contributed by atoms with Crippen LogP contribution in [0.4, 0.5) is 0 Å². The second-order valence-electron chi connectivity index (χ2n) is 1.67. The second kappa shape index (κ2) is 2.31. The second-order valence-corrected chi connectivity index (χ2v) is 2.53. The molecule has 0 aliphatic heterocycles. The van der Waals surface area contributed by atoms with E-state index in [-0.39, 0.29) is 5.56 Å². The largest absolute Gasteiger partial charge is 0.268 e. The van der Waals surface area contributed by atoms with E-state index in [0.29, 0.717) is 5.56 Å². The molecule has 4 heteroatoms. The van der Waals surface area contributed by atoms with E-state index in [1.807, 2.05) is 0 Å². The van der Waals surface area contributed by atoms with Gasteiger partial charge in [0.05, 0.1) is 6.20 Å². The van der Waals surface area contributed by atoms with E-state index in [9.17, 15) is 4.79 Å². The summed E-state index contributed by atoms with van der Waals surface area (Å²) in [5.74, 6) is 0. The monoisotopic (exact) mass is 188 g/mol. The predicted molar refractivity (Wildman–Crippen MR) is 37.3 cm³/mol. The molecule has 1 N–H and O–H groups in total. The van der Waals surface area contributed by atoms with E-state index in [4.69, 9.17) is 0 Å². The fourth-order valence-corrected chi connectivity index (χ4v) is 0.719. The minimum atomic E-state index is -0.149. The highest BCUT2D eigenvalue weighted by atomic mass is 79.9. The van der Waals surface area contributed by atoms with Gasteiger partial charge >= 0.3 is 0 Å². The molecule has 0 amide bonds. The van der Waals surface area contributed by atoms with Crippen molar-refractivity contribution in [1.82, 2.24) is 10.2 Å². The highest BCUT2D eigenvalue weighted by molar-refractivity contribution is 9.10. The lowest BCUT2D eigenvalue weighted by Gasteiger charge is -1.90. The summed E-state index contributed by atoms with van der Waals surface area (Å²) in [5, 5.41) is 5.87. The summed E-state index contributed by atoms with van der Waals surface area (Å²) in [6.45, 7) is 1.73. The lowest BCUT2D eigenvalue weighted by atomic mass is 10.3. The molecule has 1 heterocycles. The molecule has 3 nitrogen and oxygen atoms in total. The van der Waals surface area contributed by atoms with Gasteiger partial charge in [0, 0.05) is 10.0 Å². The Balaban J connectivity index is 3.43. The summed E-state index contributed by atoms with van der Waals surface area (Å²) in [6.07, 6.45) is 1.55. The van der Waals surface area contributed by atoms with Crippen LogP contribution in [0.25, 0.3) is 0 Å². The third-order valence-corrected chi connectivity index (χ3v) is 1.84. The zero-order valence-electron chi connectivity index (χ0n) is 4.81. The van der Waals surface area contributed by atoms with Gasteiger partial charge in [-0.15, -0.1) is 0 Å². The third-order valence-electron chi connectivity index (χ3n) is 1.04. The van der Waals surface area contributed by atoms with E-state index >= 15 is 0 Å². The van der Waals surface area contributed by atoms with Crippen LogP contribution < -0.4 is 5.56 Å². The maximum atomic E-state index is 10.7. The number of aromatic amines is 1. The fraction of sp³-hybridized carbons (Fsp3) is 0.200. The molecule has 1 aromatic rings. The molecule has 0 spiro atoms. The van der Waals surface area contributed by atoms with E-state index in [0.717, 1.165) is 4.47 Å². The molecular weight excluding hydrogens is 184 g/mol. The molecule has 0 unspecified atom stereocenters. The summed E-state index contributed by atoms with van der Waals surface area (Å²) in [5.41, 5.74) is 0.509. The van der Waals surface area contributed by atoms with Crippen LogP contribution in [0.1, 0.15) is 5.56 Å². The van der Waals surface area contributed by atoms with E-state index < -0.39 is 0 Å². The van der Waals surface area contributed by atoms with Gasteiger partial charge in [-0.05, 0) is 22.9 Å². The van der Waals surface area contributed by atoms with Gasteiger partial charge in [-0.1, -0.05) is 0 Å². The van der Waals surface area contributed by atoms with Crippen LogP contribution in [0.3, 0.4) is 0 Å². The quantitative estimate of drug-likeness (QED) is 0.657. The van der Waals surface area contributed by atoms with Crippen LogP contribution in [0, 0.1) is 6.92 Å². The number of rotatable bonds is 0. The Labute approximate surface area is 60.2 Å². The van der Waals surface area contributed by atoms with Crippen LogP contribution in [0.5, 0.6) is 0 Å². The Bertz CT molecular complexity index is 268. The molecular formula is C5H5BrN2O. The first kappa shape index (κ1) is 6.48. The van der Waals surface area contributed by atoms with Crippen molar-refractivity contribution in [3.63, 3.8) is 0 Å². The van der Waals surface area contributed by atoms with Crippen molar-refractivity contribution in [2.45, 2.75) is 6.92 Å². The number of halogens is 1. The minimum absolute atomic E-state index is 0.149. The fourth-order valence-electron chi connectivity index (χ4n) is 0.437. The molecule has 0 saturated heterocycles. The van der Waals surface area contributed by atoms with Gasteiger partial charge < -0.3 is 0 Å². The number of H-pyrrole nitrogens is 1. The first-order valence-electron chi connectivity index (χ1n) is 2.41. The van der Waals surface area contributed by atoms with Crippen LogP contribution in [-0.4, -0.2) is 10.2 Å². The van der Waals surface area contributed by atoms with Crippen molar-refractivity contribution >= 4 is 15.9 Å². The van der Waals surface area contributed by atoms with Crippen LogP contribution in [0.15, 0.2) is 15.5 Å². The minimum Gasteiger partial charge on any atom is -0.268 e. The Morgan fingerprint density at radius 3 is 2.89 bits per heavy atom. The Kier molecular flexibility index (Phi) is 1.66. The van der Waals surface area contributed by atoms with E-state index in [1.165, 1.54) is 0 Å². The first-order valence-corrected chi connectivity index (χ1v) is 3.21. The number of hydrogen-bond acceptors (Lipinski definition) is 2. The van der Waals surface area contributed by atoms with E-state index in [1.54, 1.807) is 13.1 Å². The molecule has 1 rings (SSSR count). The molecule has 48 valence electrons. The topological polar surface area (TPSA) is 45.8 Å². The number of nitrogens with zero attached hydrogens (tertiary/aromatic N) is 1. The maximum Gasteiger partial charge on any atom is 0.268 e. The van der Waals surface area contributed by atoms with Crippen molar-refractivity contribution in [3.8, 4) is 0 Å². The van der Waals surface area contributed by atoms with Gasteiger partial charge in [0.25, 0.3) is 5.56 Å². The molecule has 0 aliphatic rings. The lowest BCUT2D eigenvalue weighted by Crippen LogP contribution is -2.10. The highest BCUT2D eigenvalue weighted by Gasteiger charge is 1.95. The molecule has 0 aromatic carbocycles. The van der Waals surface area contributed by atoms with Gasteiger partial charge in [0.1, 0.15) is 0 Å². The van der Waals surface area contributed by atoms with Crippen LogP contribution >= 0.6 is 15.9 Å². The Hall–Kier alpha value is -0.640. The van der Waals surface area contributed by atoms with Crippen LogP contribution in [-0.2, 0) is 0 Å². The molecule has 1 aromatic heterocycles. The summed E-state index contributed by atoms with van der Waals surface area (Å²) < 4.78 is 0.742. The predicted octanol–water partition coefficient (Wildman–Crippen LogP) is 0.841. The van der Waals surface area contributed by atoms with Crippen molar-refractivity contribution in [2.24, 2.45) is 0 Å². The van der Waals surface area contributed by atoms with Gasteiger partial charge in [0.2, 0.25) is 0 Å². The number of aromatic nitrogens is 2. The summed E-state index contributed by atoms with van der Waals surface area (Å²) in [4.78, 5) is 10.7. The maximum absolute atomic E-state index is 10.7. The van der Waals surface area contributed by atoms with Gasteiger partial charge in [-0.25, -0.2) is 5.10 Å². The van der Waals surface area contributed by atoms with Crippen LogP contribution in [0.2, 0.25) is 0 Å².